The minimum Gasteiger partial charge on any atom is -0.330 e. The van der Waals surface area contributed by atoms with Crippen molar-refractivity contribution < 1.29 is 18.0 Å². The van der Waals surface area contributed by atoms with Gasteiger partial charge in [-0.1, -0.05) is 77.3 Å². The molecular formula is C25H17Cl3F3NO. The maximum atomic E-state index is 13.7. The van der Waals surface area contributed by atoms with E-state index in [1.165, 1.54) is 24.3 Å². The summed E-state index contributed by atoms with van der Waals surface area (Å²) in [5.41, 5.74) is 2.79. The maximum absolute atomic E-state index is 13.7. The van der Waals surface area contributed by atoms with Gasteiger partial charge in [0.25, 0.3) is 5.91 Å². The predicted octanol–water partition coefficient (Wildman–Crippen LogP) is 8.16. The number of allylic oxidation sites excluding steroid dienone is 1. The summed E-state index contributed by atoms with van der Waals surface area (Å²) in [4.78, 5) is 14.3. The molecule has 1 amide bonds. The van der Waals surface area contributed by atoms with E-state index in [1.807, 2.05) is 18.2 Å². The Balaban J connectivity index is 1.53. The van der Waals surface area contributed by atoms with Crippen LogP contribution in [0.4, 0.5) is 13.2 Å². The predicted molar refractivity (Wildman–Crippen MR) is 126 cm³/mol. The lowest BCUT2D eigenvalue weighted by molar-refractivity contribution is -0.139. The summed E-state index contributed by atoms with van der Waals surface area (Å²) in [6.07, 6.45) is -2.12. The van der Waals surface area contributed by atoms with Crippen molar-refractivity contribution in [3.8, 4) is 0 Å². The molecule has 1 aliphatic heterocycles. The first kappa shape index (κ1) is 23.7. The van der Waals surface area contributed by atoms with Crippen molar-refractivity contribution in [2.75, 3.05) is 0 Å². The zero-order chi connectivity index (χ0) is 23.8. The van der Waals surface area contributed by atoms with Crippen LogP contribution < -0.4 is 0 Å². The average Bonchev–Trinajstić information content (AvgIpc) is 3.04. The van der Waals surface area contributed by atoms with Crippen LogP contribution in [0.5, 0.6) is 0 Å². The molecule has 0 radical (unpaired) electrons. The molecule has 0 aromatic heterocycles. The minimum absolute atomic E-state index is 0.0499. The van der Waals surface area contributed by atoms with Crippen LogP contribution in [-0.2, 0) is 13.1 Å². The number of hydrogen-bond acceptors (Lipinski definition) is 1. The van der Waals surface area contributed by atoms with Gasteiger partial charge in [-0.05, 0) is 52.6 Å². The van der Waals surface area contributed by atoms with E-state index in [1.54, 1.807) is 29.2 Å². The van der Waals surface area contributed by atoms with Gasteiger partial charge in [0, 0.05) is 33.7 Å². The van der Waals surface area contributed by atoms with E-state index in [0.717, 1.165) is 11.6 Å². The van der Waals surface area contributed by atoms with Crippen molar-refractivity contribution in [1.82, 2.24) is 4.90 Å². The zero-order valence-corrected chi connectivity index (χ0v) is 19.3. The number of alkyl halides is 3. The summed E-state index contributed by atoms with van der Waals surface area (Å²) in [5, 5.41) is 0.632. The highest BCUT2D eigenvalue weighted by Crippen LogP contribution is 2.38. The van der Waals surface area contributed by atoms with Gasteiger partial charge in [0.1, 0.15) is 0 Å². The van der Waals surface area contributed by atoms with E-state index in [4.69, 9.17) is 34.8 Å². The Morgan fingerprint density at radius 1 is 0.970 bits per heavy atom. The summed E-state index contributed by atoms with van der Waals surface area (Å²) < 4.78 is 41.1. The fourth-order valence-electron chi connectivity index (χ4n) is 3.81. The monoisotopic (exact) mass is 509 g/mol. The minimum atomic E-state index is -4.53. The second-order valence-corrected chi connectivity index (χ2v) is 9.03. The SMILES string of the molecule is O=C1c2ccccc2CN1Cc1ccc(/C=C/C(c2cc(Cl)cc(Cl)c2)C(F)(F)F)cc1Cl. The van der Waals surface area contributed by atoms with Gasteiger partial charge < -0.3 is 4.90 Å². The number of benzene rings is 3. The summed E-state index contributed by atoms with van der Waals surface area (Å²) in [5.74, 6) is -1.95. The van der Waals surface area contributed by atoms with Crippen molar-refractivity contribution in [2.24, 2.45) is 0 Å². The molecule has 1 aliphatic rings. The van der Waals surface area contributed by atoms with E-state index in [0.29, 0.717) is 34.8 Å². The van der Waals surface area contributed by atoms with Crippen molar-refractivity contribution in [1.29, 1.82) is 0 Å². The highest BCUT2D eigenvalue weighted by molar-refractivity contribution is 6.34. The smallest absolute Gasteiger partial charge is 0.330 e. The van der Waals surface area contributed by atoms with Crippen LogP contribution in [-0.4, -0.2) is 17.0 Å². The Morgan fingerprint density at radius 2 is 1.67 bits per heavy atom. The Hall–Kier alpha value is -2.47. The molecule has 2 nitrogen and oxygen atoms in total. The molecule has 33 heavy (non-hydrogen) atoms. The standard InChI is InChI=1S/C25H17Cl3F3NO/c26-19-10-18(11-20(27)12-19)22(25(29,30)31)8-6-15-5-7-17(23(28)9-15)14-32-13-16-3-1-2-4-21(16)24(32)33/h1-12,22H,13-14H2/b8-6+. The van der Waals surface area contributed by atoms with Gasteiger partial charge in [-0.3, -0.25) is 4.79 Å². The molecular weight excluding hydrogens is 494 g/mol. The van der Waals surface area contributed by atoms with Gasteiger partial charge >= 0.3 is 6.18 Å². The molecule has 8 heteroatoms. The molecule has 4 rings (SSSR count). The zero-order valence-electron chi connectivity index (χ0n) is 17.0. The van der Waals surface area contributed by atoms with Crippen molar-refractivity contribution >= 4 is 46.8 Å². The lowest BCUT2D eigenvalue weighted by Gasteiger charge is -2.18. The Labute approximate surface area is 204 Å². The van der Waals surface area contributed by atoms with Crippen molar-refractivity contribution in [2.45, 2.75) is 25.2 Å². The van der Waals surface area contributed by atoms with E-state index in [2.05, 4.69) is 0 Å². The molecule has 0 bridgehead atoms. The normalized spacial score (nSPS) is 14.7. The average molecular weight is 511 g/mol. The number of carbonyl (C=O) groups excluding carboxylic acids is 1. The lowest BCUT2D eigenvalue weighted by Crippen LogP contribution is -2.23. The number of carbonyl (C=O) groups is 1. The summed E-state index contributed by atoms with van der Waals surface area (Å²) in [6.45, 7) is 0.797. The third-order valence-electron chi connectivity index (χ3n) is 5.41. The molecule has 0 saturated heterocycles. The van der Waals surface area contributed by atoms with Crippen LogP contribution in [0, 0.1) is 0 Å². The number of hydrogen-bond donors (Lipinski definition) is 0. The third kappa shape index (κ3) is 5.37. The molecule has 3 aromatic carbocycles. The van der Waals surface area contributed by atoms with Crippen LogP contribution in [0.15, 0.2) is 66.7 Å². The summed E-state index contributed by atoms with van der Waals surface area (Å²) in [6, 6.07) is 16.2. The van der Waals surface area contributed by atoms with Gasteiger partial charge in [0.15, 0.2) is 0 Å². The van der Waals surface area contributed by atoms with Crippen LogP contribution >= 0.6 is 34.8 Å². The fourth-order valence-corrected chi connectivity index (χ4v) is 4.61. The number of amides is 1. The quantitative estimate of drug-likeness (QED) is 0.339. The molecule has 1 unspecified atom stereocenters. The highest BCUT2D eigenvalue weighted by atomic mass is 35.5. The van der Waals surface area contributed by atoms with Gasteiger partial charge in [0.05, 0.1) is 5.92 Å². The topological polar surface area (TPSA) is 20.3 Å². The van der Waals surface area contributed by atoms with E-state index >= 15 is 0 Å². The lowest BCUT2D eigenvalue weighted by atomic mass is 9.97. The van der Waals surface area contributed by atoms with Crippen molar-refractivity contribution in [3.63, 3.8) is 0 Å². The molecule has 3 aromatic rings. The summed E-state index contributed by atoms with van der Waals surface area (Å²) in [7, 11) is 0. The molecule has 0 spiro atoms. The van der Waals surface area contributed by atoms with Crippen LogP contribution in [0.25, 0.3) is 6.08 Å². The highest BCUT2D eigenvalue weighted by Gasteiger charge is 2.39. The number of fused-ring (bicyclic) bond motifs is 1. The first-order valence-electron chi connectivity index (χ1n) is 9.98. The van der Waals surface area contributed by atoms with Crippen LogP contribution in [0.1, 0.15) is 38.5 Å². The van der Waals surface area contributed by atoms with E-state index < -0.39 is 12.1 Å². The maximum Gasteiger partial charge on any atom is 0.399 e. The van der Waals surface area contributed by atoms with Gasteiger partial charge in [-0.25, -0.2) is 0 Å². The van der Waals surface area contributed by atoms with Gasteiger partial charge in [0.2, 0.25) is 0 Å². The number of nitrogens with zero attached hydrogens (tertiary/aromatic N) is 1. The van der Waals surface area contributed by atoms with Crippen LogP contribution in [0.3, 0.4) is 0 Å². The van der Waals surface area contributed by atoms with E-state index in [9.17, 15) is 18.0 Å². The second kappa shape index (κ2) is 9.41. The second-order valence-electron chi connectivity index (χ2n) is 7.75. The van der Waals surface area contributed by atoms with Gasteiger partial charge in [-0.15, -0.1) is 0 Å². The van der Waals surface area contributed by atoms with Crippen LogP contribution in [0.2, 0.25) is 15.1 Å². The number of rotatable bonds is 5. The number of halogens is 6. The Bertz CT molecular complexity index is 1220. The van der Waals surface area contributed by atoms with Crippen molar-refractivity contribution in [3.05, 3.63) is 110 Å². The third-order valence-corrected chi connectivity index (χ3v) is 6.20. The fraction of sp³-hybridized carbons (Fsp3) is 0.160. The largest absolute Gasteiger partial charge is 0.399 e. The Kier molecular flexibility index (Phi) is 6.76. The molecule has 0 fully saturated rings. The summed E-state index contributed by atoms with van der Waals surface area (Å²) >= 11 is 18.2. The molecule has 170 valence electrons. The first-order chi connectivity index (χ1) is 15.6. The van der Waals surface area contributed by atoms with E-state index in [-0.39, 0.29) is 21.5 Å². The molecule has 0 saturated carbocycles. The Morgan fingerprint density at radius 3 is 2.30 bits per heavy atom. The molecule has 0 aliphatic carbocycles. The molecule has 0 N–H and O–H groups in total. The van der Waals surface area contributed by atoms with Gasteiger partial charge in [-0.2, -0.15) is 13.2 Å². The first-order valence-corrected chi connectivity index (χ1v) is 11.1. The molecule has 1 atom stereocenters. The molecule has 1 heterocycles.